The number of aromatic carboxylic acids is 1. The molecule has 200 valence electrons. The molecule has 0 saturated carbocycles. The van der Waals surface area contributed by atoms with Crippen LogP contribution >= 0.6 is 0 Å². The number of anilines is 1. The zero-order valence-corrected chi connectivity index (χ0v) is 21.9. The number of aromatic nitrogens is 4. The SMILES string of the molecule is O=C(O)c1ccc2[nH]ccc2c1-c1nc(N2CCOCC2)c2oc3ncc(CN4CCS(=O)CC4)cc3c2n1. The molecule has 5 aromatic rings. The Bertz CT molecular complexity index is 1750. The second-order valence-electron chi connectivity index (χ2n) is 9.80. The van der Waals surface area contributed by atoms with Crippen LogP contribution in [0.4, 0.5) is 5.82 Å². The second-order valence-corrected chi connectivity index (χ2v) is 11.5. The van der Waals surface area contributed by atoms with Crippen LogP contribution in [0.3, 0.4) is 0 Å². The third kappa shape index (κ3) is 4.34. The van der Waals surface area contributed by atoms with Gasteiger partial charge in [-0.15, -0.1) is 0 Å². The lowest BCUT2D eigenvalue weighted by Crippen LogP contribution is -2.37. The van der Waals surface area contributed by atoms with E-state index in [1.165, 1.54) is 0 Å². The van der Waals surface area contributed by atoms with Gasteiger partial charge in [0.25, 0.3) is 0 Å². The molecule has 12 heteroatoms. The van der Waals surface area contributed by atoms with Gasteiger partial charge in [0.15, 0.2) is 17.2 Å². The largest absolute Gasteiger partial charge is 0.478 e. The molecule has 11 nitrogen and oxygen atoms in total. The number of fused-ring (bicyclic) bond motifs is 4. The first-order chi connectivity index (χ1) is 19.0. The number of carbonyl (C=O) groups is 1. The number of benzene rings is 1. The zero-order chi connectivity index (χ0) is 26.5. The standard InChI is InChI=1S/C27H26N6O5S/c34-27(35)18-1-2-20-17(3-4-28-20)21(18)24-30-22-19-13-16(15-32-7-11-39(36)12-8-32)14-29-26(19)38-23(22)25(31-24)33-5-9-37-10-6-33/h1-4,13-14,28H,5-12,15H2,(H,34,35). The minimum Gasteiger partial charge on any atom is -0.478 e. The Balaban J connectivity index is 1.43. The van der Waals surface area contributed by atoms with Crippen molar-refractivity contribution < 1.29 is 23.3 Å². The van der Waals surface area contributed by atoms with E-state index in [-0.39, 0.29) is 5.56 Å². The smallest absolute Gasteiger partial charge is 0.336 e. The van der Waals surface area contributed by atoms with Gasteiger partial charge >= 0.3 is 5.97 Å². The van der Waals surface area contributed by atoms with Gasteiger partial charge in [-0.1, -0.05) is 0 Å². The van der Waals surface area contributed by atoms with Crippen molar-refractivity contribution in [3.8, 4) is 11.4 Å². The van der Waals surface area contributed by atoms with Gasteiger partial charge < -0.3 is 24.1 Å². The molecule has 0 atom stereocenters. The molecule has 2 fully saturated rings. The number of morpholine rings is 1. The molecule has 0 amide bonds. The first-order valence-electron chi connectivity index (χ1n) is 12.9. The number of H-pyrrole nitrogens is 1. The second kappa shape index (κ2) is 9.70. The Hall–Kier alpha value is -3.87. The molecular weight excluding hydrogens is 520 g/mol. The number of ether oxygens (including phenoxy) is 1. The zero-order valence-electron chi connectivity index (χ0n) is 21.1. The molecule has 39 heavy (non-hydrogen) atoms. The molecule has 2 aliphatic rings. The van der Waals surface area contributed by atoms with Gasteiger partial charge in [-0.2, -0.15) is 0 Å². The maximum absolute atomic E-state index is 12.3. The van der Waals surface area contributed by atoms with Gasteiger partial charge in [0.05, 0.1) is 24.2 Å². The lowest BCUT2D eigenvalue weighted by Gasteiger charge is -2.28. The highest BCUT2D eigenvalue weighted by molar-refractivity contribution is 7.85. The van der Waals surface area contributed by atoms with Gasteiger partial charge in [0.1, 0.15) is 5.52 Å². The summed E-state index contributed by atoms with van der Waals surface area (Å²) in [4.78, 5) is 34.3. The number of nitrogens with zero attached hydrogens (tertiary/aromatic N) is 5. The fourth-order valence-corrected chi connectivity index (χ4v) is 6.52. The normalized spacial score (nSPS) is 17.5. The van der Waals surface area contributed by atoms with Crippen LogP contribution in [0.5, 0.6) is 0 Å². The Morgan fingerprint density at radius 2 is 1.90 bits per heavy atom. The first-order valence-corrected chi connectivity index (χ1v) is 14.4. The van der Waals surface area contributed by atoms with E-state index in [0.29, 0.717) is 78.4 Å². The van der Waals surface area contributed by atoms with Crippen molar-refractivity contribution in [2.45, 2.75) is 6.54 Å². The summed E-state index contributed by atoms with van der Waals surface area (Å²) in [6, 6.07) is 7.22. The summed E-state index contributed by atoms with van der Waals surface area (Å²) in [7, 11) is -0.739. The van der Waals surface area contributed by atoms with Gasteiger partial charge in [-0.25, -0.2) is 19.7 Å². The van der Waals surface area contributed by atoms with Crippen molar-refractivity contribution in [1.82, 2.24) is 24.8 Å². The molecule has 0 unspecified atom stereocenters. The van der Waals surface area contributed by atoms with Crippen LogP contribution in [0.25, 0.3) is 44.5 Å². The quantitative estimate of drug-likeness (QED) is 0.338. The highest BCUT2D eigenvalue weighted by atomic mass is 32.2. The third-order valence-corrected chi connectivity index (χ3v) is 8.66. The summed E-state index contributed by atoms with van der Waals surface area (Å²) >= 11 is 0. The maximum atomic E-state index is 12.3. The van der Waals surface area contributed by atoms with Gasteiger partial charge in [-0.3, -0.25) is 9.11 Å². The molecule has 2 saturated heterocycles. The summed E-state index contributed by atoms with van der Waals surface area (Å²) in [6.45, 7) is 4.60. The number of hydrogen-bond acceptors (Lipinski definition) is 9. The molecule has 2 aliphatic heterocycles. The molecule has 0 spiro atoms. The van der Waals surface area contributed by atoms with Gasteiger partial charge in [-0.05, 0) is 29.8 Å². The van der Waals surface area contributed by atoms with E-state index in [1.54, 1.807) is 18.3 Å². The van der Waals surface area contributed by atoms with Crippen LogP contribution in [0.15, 0.2) is 41.1 Å². The van der Waals surface area contributed by atoms with Crippen LogP contribution in [0.2, 0.25) is 0 Å². The number of carboxylic acids is 1. The van der Waals surface area contributed by atoms with Crippen LogP contribution in [-0.4, -0.2) is 91.0 Å². The van der Waals surface area contributed by atoms with E-state index in [4.69, 9.17) is 19.1 Å². The average molecular weight is 547 g/mol. The number of rotatable bonds is 5. The lowest BCUT2D eigenvalue weighted by atomic mass is 10.0. The summed E-state index contributed by atoms with van der Waals surface area (Å²) in [5.74, 6) is 1.23. The minimum absolute atomic E-state index is 0.128. The Labute approximate surface area is 225 Å². The molecule has 2 N–H and O–H groups in total. The number of carboxylic acid groups (broad SMARTS) is 1. The predicted octanol–water partition coefficient (Wildman–Crippen LogP) is 3.02. The maximum Gasteiger partial charge on any atom is 0.336 e. The molecule has 1 aromatic carbocycles. The molecule has 6 heterocycles. The van der Waals surface area contributed by atoms with Crippen molar-refractivity contribution in [3.05, 3.63) is 47.8 Å². The van der Waals surface area contributed by atoms with Crippen LogP contribution < -0.4 is 4.90 Å². The van der Waals surface area contributed by atoms with Crippen LogP contribution in [0.1, 0.15) is 15.9 Å². The fraction of sp³-hybridized carbons (Fsp3) is 0.333. The molecule has 7 rings (SSSR count). The lowest BCUT2D eigenvalue weighted by molar-refractivity contribution is 0.0697. The summed E-state index contributed by atoms with van der Waals surface area (Å²) in [5.41, 5.74) is 3.95. The average Bonchev–Trinajstić information content (AvgIpc) is 3.58. The molecule has 0 aliphatic carbocycles. The molecule has 0 bridgehead atoms. The molecule has 4 aromatic heterocycles. The van der Waals surface area contributed by atoms with E-state index in [1.807, 2.05) is 18.3 Å². The Morgan fingerprint density at radius 3 is 2.69 bits per heavy atom. The third-order valence-electron chi connectivity index (χ3n) is 7.38. The monoisotopic (exact) mass is 546 g/mol. The van der Waals surface area contributed by atoms with Crippen molar-refractivity contribution in [3.63, 3.8) is 0 Å². The first kappa shape index (κ1) is 24.2. The highest BCUT2D eigenvalue weighted by Crippen LogP contribution is 2.37. The van der Waals surface area contributed by atoms with Crippen molar-refractivity contribution in [2.24, 2.45) is 0 Å². The molecule has 0 radical (unpaired) electrons. The number of aromatic amines is 1. The van der Waals surface area contributed by atoms with E-state index in [0.717, 1.165) is 34.9 Å². The van der Waals surface area contributed by atoms with Crippen molar-refractivity contribution in [2.75, 3.05) is 55.8 Å². The molecular formula is C27H26N6O5S. The number of hydrogen-bond donors (Lipinski definition) is 2. The van der Waals surface area contributed by atoms with Crippen LogP contribution in [-0.2, 0) is 22.1 Å². The van der Waals surface area contributed by atoms with E-state index >= 15 is 0 Å². The van der Waals surface area contributed by atoms with Crippen molar-refractivity contribution in [1.29, 1.82) is 0 Å². The van der Waals surface area contributed by atoms with E-state index < -0.39 is 16.8 Å². The fourth-order valence-electron chi connectivity index (χ4n) is 5.39. The summed E-state index contributed by atoms with van der Waals surface area (Å²) in [6.07, 6.45) is 3.59. The van der Waals surface area contributed by atoms with Gasteiger partial charge in [0.2, 0.25) is 5.71 Å². The predicted molar refractivity (Wildman–Crippen MR) is 148 cm³/mol. The van der Waals surface area contributed by atoms with Crippen LogP contribution in [0, 0.1) is 0 Å². The highest BCUT2D eigenvalue weighted by Gasteiger charge is 2.26. The summed E-state index contributed by atoms with van der Waals surface area (Å²) in [5, 5.41) is 11.5. The number of furan rings is 1. The van der Waals surface area contributed by atoms with Crippen molar-refractivity contribution >= 4 is 55.7 Å². The minimum atomic E-state index is -1.05. The topological polar surface area (TPSA) is 138 Å². The Kier molecular flexibility index (Phi) is 6.02. The van der Waals surface area contributed by atoms with E-state index in [9.17, 15) is 14.1 Å². The van der Waals surface area contributed by atoms with Gasteiger partial charge in [0, 0.05) is 83.9 Å². The van der Waals surface area contributed by atoms with E-state index in [2.05, 4.69) is 19.8 Å². The summed E-state index contributed by atoms with van der Waals surface area (Å²) < 4.78 is 23.6. The number of nitrogens with one attached hydrogen (secondary N) is 1. The Morgan fingerprint density at radius 1 is 1.08 bits per heavy atom. The number of pyridine rings is 1.